The van der Waals surface area contributed by atoms with Crippen molar-refractivity contribution in [2.24, 2.45) is 17.8 Å². The minimum Gasteiger partial charge on any atom is -0.503 e. The third-order valence-corrected chi connectivity index (χ3v) is 10.5. The van der Waals surface area contributed by atoms with Gasteiger partial charge in [0.05, 0.1) is 27.9 Å². The number of phenolic OH excluding ortho intramolecular Hbond substituents is 1. The second-order valence-corrected chi connectivity index (χ2v) is 13.2. The number of carbonyl (C=O) groups excluding carboxylic acids is 4. The highest BCUT2D eigenvalue weighted by Crippen LogP contribution is 2.58. The summed E-state index contributed by atoms with van der Waals surface area (Å²) in [5.41, 5.74) is 1.45. The summed E-state index contributed by atoms with van der Waals surface area (Å²) < 4.78 is 6.41. The van der Waals surface area contributed by atoms with Crippen molar-refractivity contribution in [2.45, 2.75) is 45.1 Å². The number of aromatic hydroxyl groups is 1. The van der Waals surface area contributed by atoms with Crippen molar-refractivity contribution in [1.29, 1.82) is 0 Å². The third kappa shape index (κ3) is 3.85. The first-order chi connectivity index (χ1) is 17.3. The lowest BCUT2D eigenvalue weighted by Gasteiger charge is -2.42. The van der Waals surface area contributed by atoms with Crippen molar-refractivity contribution in [1.82, 2.24) is 4.90 Å². The van der Waals surface area contributed by atoms with Crippen LogP contribution in [0.4, 0.5) is 0 Å². The summed E-state index contributed by atoms with van der Waals surface area (Å²) in [6, 6.07) is 1.64. The van der Waals surface area contributed by atoms with Crippen molar-refractivity contribution in [3.8, 4) is 11.5 Å². The predicted molar refractivity (Wildman–Crippen MR) is 146 cm³/mol. The number of carbonyl (C=O) groups is 4. The van der Waals surface area contributed by atoms with E-state index in [2.05, 4.69) is 47.8 Å². The Morgan fingerprint density at radius 1 is 1.03 bits per heavy atom. The summed E-state index contributed by atoms with van der Waals surface area (Å²) in [6.45, 7) is 5.50. The molecule has 37 heavy (non-hydrogen) atoms. The van der Waals surface area contributed by atoms with Gasteiger partial charge in [0.25, 0.3) is 0 Å². The molecule has 0 unspecified atom stereocenters. The average Bonchev–Trinajstić information content (AvgIpc) is 3.10. The smallest absolute Gasteiger partial charge is 0.234 e. The van der Waals surface area contributed by atoms with Gasteiger partial charge in [-0.1, -0.05) is 11.6 Å². The fraction of sp³-hybridized carbons (Fsp3) is 0.407. The van der Waals surface area contributed by atoms with Crippen LogP contribution in [0.1, 0.15) is 45.1 Å². The van der Waals surface area contributed by atoms with Crippen molar-refractivity contribution >= 4 is 71.2 Å². The van der Waals surface area contributed by atoms with E-state index in [1.54, 1.807) is 6.07 Å². The summed E-state index contributed by atoms with van der Waals surface area (Å²) >= 11 is 10.2. The normalized spacial score (nSPS) is 27.6. The number of Topliss-reactive ketones (excluding diaryl/α,β-unsaturated/α-hetero) is 1. The summed E-state index contributed by atoms with van der Waals surface area (Å²) in [5.74, 6) is -3.20. The Morgan fingerprint density at radius 2 is 1.70 bits per heavy atom. The Kier molecular flexibility index (Phi) is 6.47. The van der Waals surface area contributed by atoms with Gasteiger partial charge in [-0.05, 0) is 99.0 Å². The first-order valence-corrected chi connectivity index (χ1v) is 14.2. The van der Waals surface area contributed by atoms with Crippen LogP contribution < -0.4 is 4.74 Å². The maximum absolute atomic E-state index is 13.8. The minimum absolute atomic E-state index is 0.108. The van der Waals surface area contributed by atoms with Crippen LogP contribution in [0.25, 0.3) is 0 Å². The number of fused-ring (bicyclic) bond motifs is 3. The Labute approximate surface area is 239 Å². The molecule has 1 aliphatic heterocycles. The standard InChI is InChI=1S/C27H24Br3NO6/c1-27(2,3)31-25(35)11-6-5-10-12(19(11)26(31)36)7-14-20(16(32)9-15(28)23(14)33)18(10)13-8-17(37-4)24(34)22(30)21(13)29/h5,8-9,11-12,18-19,34H,6-7H2,1-4H3/t11-,12+,18+,19-/m0/s1. The van der Waals surface area contributed by atoms with Gasteiger partial charge in [0.15, 0.2) is 23.1 Å². The molecule has 5 rings (SSSR count). The number of ketones is 2. The first kappa shape index (κ1) is 26.6. The SMILES string of the molecule is COc1cc([C@H]2C3=CC[C@@H]4C(=O)N(C(C)(C)C)C(=O)[C@@H]4[C@@H]3CC3=C2C(=O)C=C(Br)C3=O)c(Br)c(Br)c1O. The zero-order valence-corrected chi connectivity index (χ0v) is 25.3. The van der Waals surface area contributed by atoms with Gasteiger partial charge in [-0.25, -0.2) is 0 Å². The number of rotatable bonds is 2. The molecule has 1 aromatic rings. The second-order valence-electron chi connectivity index (χ2n) is 10.7. The first-order valence-electron chi connectivity index (χ1n) is 11.8. The second kappa shape index (κ2) is 9.02. The molecule has 194 valence electrons. The summed E-state index contributed by atoms with van der Waals surface area (Å²) in [6.07, 6.45) is 3.80. The molecule has 4 aliphatic rings. The molecule has 0 aromatic heterocycles. The number of imide groups is 1. The lowest BCUT2D eigenvalue weighted by atomic mass is 9.59. The fourth-order valence-corrected chi connectivity index (χ4v) is 7.60. The maximum atomic E-state index is 13.8. The molecule has 10 heteroatoms. The van der Waals surface area contributed by atoms with E-state index in [0.717, 1.165) is 5.57 Å². The summed E-state index contributed by atoms with van der Waals surface area (Å²) in [7, 11) is 1.43. The van der Waals surface area contributed by atoms with Crippen LogP contribution in [0.3, 0.4) is 0 Å². The van der Waals surface area contributed by atoms with Crippen molar-refractivity contribution < 1.29 is 29.0 Å². The number of likely N-dealkylation sites (tertiary alicyclic amines) is 1. The van der Waals surface area contributed by atoms with Gasteiger partial charge in [0, 0.05) is 33.2 Å². The van der Waals surface area contributed by atoms with E-state index in [4.69, 9.17) is 4.74 Å². The quantitative estimate of drug-likeness (QED) is 0.250. The lowest BCUT2D eigenvalue weighted by Crippen LogP contribution is -2.46. The molecule has 4 atom stereocenters. The number of halogens is 3. The monoisotopic (exact) mass is 695 g/mol. The Morgan fingerprint density at radius 3 is 2.32 bits per heavy atom. The van der Waals surface area contributed by atoms with Crippen LogP contribution in [-0.2, 0) is 19.2 Å². The number of allylic oxidation sites excluding steroid dienone is 6. The topological polar surface area (TPSA) is 101 Å². The van der Waals surface area contributed by atoms with Crippen molar-refractivity contribution in [3.05, 3.63) is 53.9 Å². The molecule has 2 amide bonds. The highest BCUT2D eigenvalue weighted by Gasteiger charge is 2.58. The number of hydrogen-bond acceptors (Lipinski definition) is 6. The molecular formula is C27H24Br3NO6. The molecule has 7 nitrogen and oxygen atoms in total. The highest BCUT2D eigenvalue weighted by atomic mass is 79.9. The number of phenols is 1. The average molecular weight is 698 g/mol. The summed E-state index contributed by atoms with van der Waals surface area (Å²) in [5, 5.41) is 10.5. The lowest BCUT2D eigenvalue weighted by molar-refractivity contribution is -0.145. The predicted octanol–water partition coefficient (Wildman–Crippen LogP) is 5.49. The number of hydrogen-bond donors (Lipinski definition) is 1. The number of amides is 2. The van der Waals surface area contributed by atoms with Crippen LogP contribution in [0, 0.1) is 17.8 Å². The van der Waals surface area contributed by atoms with Gasteiger partial charge in [-0.2, -0.15) is 0 Å². The molecule has 0 radical (unpaired) electrons. The molecule has 0 bridgehead atoms. The Hall–Kier alpha value is -2.04. The van der Waals surface area contributed by atoms with E-state index >= 15 is 0 Å². The van der Waals surface area contributed by atoms with E-state index in [-0.39, 0.29) is 45.8 Å². The van der Waals surface area contributed by atoms with Crippen molar-refractivity contribution in [2.75, 3.05) is 7.11 Å². The van der Waals surface area contributed by atoms with Crippen LogP contribution >= 0.6 is 47.8 Å². The number of nitrogens with zero attached hydrogens (tertiary/aromatic N) is 1. The van der Waals surface area contributed by atoms with Crippen molar-refractivity contribution in [3.63, 3.8) is 0 Å². The number of benzene rings is 1. The molecule has 0 saturated carbocycles. The maximum Gasteiger partial charge on any atom is 0.234 e. The molecule has 0 spiro atoms. The number of ether oxygens (including phenoxy) is 1. The minimum atomic E-state index is -0.676. The Balaban J connectivity index is 1.75. The fourth-order valence-electron chi connectivity index (χ4n) is 6.20. The van der Waals surface area contributed by atoms with Crippen LogP contribution in [0.2, 0.25) is 0 Å². The number of methoxy groups -OCH3 is 1. The van der Waals surface area contributed by atoms with Gasteiger partial charge in [-0.3, -0.25) is 24.1 Å². The van der Waals surface area contributed by atoms with Gasteiger partial charge in [-0.15, -0.1) is 0 Å². The van der Waals surface area contributed by atoms with Crippen LogP contribution in [-0.4, -0.2) is 46.0 Å². The van der Waals surface area contributed by atoms with Crippen LogP contribution in [0.5, 0.6) is 11.5 Å². The van der Waals surface area contributed by atoms with E-state index in [1.165, 1.54) is 18.1 Å². The molecule has 1 N–H and O–H groups in total. The molecular weight excluding hydrogens is 674 g/mol. The van der Waals surface area contributed by atoms with Gasteiger partial charge in [0.1, 0.15) is 0 Å². The van der Waals surface area contributed by atoms with E-state index < -0.39 is 29.2 Å². The van der Waals surface area contributed by atoms with Gasteiger partial charge < -0.3 is 9.84 Å². The van der Waals surface area contributed by atoms with Gasteiger partial charge >= 0.3 is 0 Å². The molecule has 1 saturated heterocycles. The molecule has 3 aliphatic carbocycles. The Bertz CT molecular complexity index is 1400. The zero-order chi connectivity index (χ0) is 27.1. The molecule has 1 heterocycles. The highest BCUT2D eigenvalue weighted by molar-refractivity contribution is 9.13. The van der Waals surface area contributed by atoms with Crippen LogP contribution in [0.15, 0.2) is 48.4 Å². The van der Waals surface area contributed by atoms with Gasteiger partial charge in [0.2, 0.25) is 11.8 Å². The largest absolute Gasteiger partial charge is 0.503 e. The summed E-state index contributed by atoms with van der Waals surface area (Å²) in [4.78, 5) is 55.2. The van der Waals surface area contributed by atoms with E-state index in [0.29, 0.717) is 32.1 Å². The molecule has 1 fully saturated rings. The molecule has 1 aromatic carbocycles. The van der Waals surface area contributed by atoms with E-state index in [9.17, 15) is 24.3 Å². The zero-order valence-electron chi connectivity index (χ0n) is 20.5. The van der Waals surface area contributed by atoms with E-state index in [1.807, 2.05) is 26.8 Å². The third-order valence-electron chi connectivity index (χ3n) is 7.71.